The number of rotatable bonds is 15. The Morgan fingerprint density at radius 1 is 0.706 bits per heavy atom. The highest BCUT2D eigenvalue weighted by atomic mass is 14.9. The third kappa shape index (κ3) is 9.08. The maximum absolute atomic E-state index is 8.40. The molecule has 0 aliphatic rings. The highest BCUT2D eigenvalue weighted by Crippen LogP contribution is 2.28. The smallest absolute Gasteiger partial charge is 0.154 e. The molecule has 2 rings (SSSR count). The Kier molecular flexibility index (Phi) is 12.7. The van der Waals surface area contributed by atoms with Crippen molar-refractivity contribution in [2.75, 3.05) is 0 Å². The summed E-state index contributed by atoms with van der Waals surface area (Å²) in [5.74, 6) is 1.78. The van der Waals surface area contributed by atoms with Crippen molar-refractivity contribution in [1.82, 2.24) is 0 Å². The summed E-state index contributed by atoms with van der Waals surface area (Å²) in [6, 6.07) is 16.8. The molecular weight excluding hydrogens is 414 g/mol. The molecule has 0 heterocycles. The molecule has 3 heteroatoms. The highest BCUT2D eigenvalue weighted by molar-refractivity contribution is 6.09. The number of nitrogens with one attached hydrogen (secondary N) is 1. The maximum atomic E-state index is 8.40. The van der Waals surface area contributed by atoms with Gasteiger partial charge in [0.05, 0.1) is 0 Å². The number of nitrogens with zero attached hydrogens (tertiary/aromatic N) is 1. The van der Waals surface area contributed by atoms with E-state index in [1.807, 2.05) is 12.1 Å². The van der Waals surface area contributed by atoms with E-state index in [9.17, 15) is 0 Å². The lowest BCUT2D eigenvalue weighted by Crippen LogP contribution is -2.16. The van der Waals surface area contributed by atoms with Gasteiger partial charge in [-0.15, -0.1) is 0 Å². The van der Waals surface area contributed by atoms with Crippen molar-refractivity contribution in [3.63, 3.8) is 0 Å². The molecule has 0 fully saturated rings. The summed E-state index contributed by atoms with van der Waals surface area (Å²) in [6.07, 6.45) is 14.1. The average molecular weight is 462 g/mol. The Balaban J connectivity index is 1.99. The van der Waals surface area contributed by atoms with Gasteiger partial charge in [0.25, 0.3) is 0 Å². The van der Waals surface area contributed by atoms with Crippen molar-refractivity contribution in [3.05, 3.63) is 70.8 Å². The minimum atomic E-state index is 0.211. The molecule has 2 aromatic rings. The Morgan fingerprint density at radius 2 is 1.26 bits per heavy atom. The summed E-state index contributed by atoms with van der Waals surface area (Å²) in [4.78, 5) is 4.40. The second kappa shape index (κ2) is 15.5. The second-order valence-electron chi connectivity index (χ2n) is 9.82. The van der Waals surface area contributed by atoms with Gasteiger partial charge in [-0.3, -0.25) is 5.41 Å². The van der Waals surface area contributed by atoms with Crippen molar-refractivity contribution >= 4 is 11.7 Å². The Morgan fingerprint density at radius 3 is 1.88 bits per heavy atom. The highest BCUT2D eigenvalue weighted by Gasteiger charge is 2.12. The summed E-state index contributed by atoms with van der Waals surface area (Å²) in [6.45, 7) is 9.01. The minimum Gasteiger partial charge on any atom is -0.383 e. The van der Waals surface area contributed by atoms with Crippen molar-refractivity contribution < 1.29 is 0 Å². The quantitative estimate of drug-likeness (QED) is 0.155. The molecule has 3 nitrogen and oxygen atoms in total. The zero-order valence-electron chi connectivity index (χ0n) is 22.1. The summed E-state index contributed by atoms with van der Waals surface area (Å²) in [7, 11) is 0. The van der Waals surface area contributed by atoms with E-state index in [0.29, 0.717) is 17.7 Å². The first-order valence-electron chi connectivity index (χ1n) is 13.6. The number of amidine groups is 2. The molecule has 0 radical (unpaired) electrons. The number of hydrogen-bond acceptors (Lipinski definition) is 1. The number of aliphatic imine (C=N–C) groups is 1. The van der Waals surface area contributed by atoms with Crippen LogP contribution in [0.1, 0.15) is 132 Å². The van der Waals surface area contributed by atoms with Gasteiger partial charge >= 0.3 is 0 Å². The average Bonchev–Trinajstić information content (AvgIpc) is 2.85. The number of benzene rings is 2. The van der Waals surface area contributed by atoms with Gasteiger partial charge in [0.15, 0.2) is 5.84 Å². The van der Waals surface area contributed by atoms with Crippen molar-refractivity contribution in [2.45, 2.75) is 110 Å². The fraction of sp³-hybridized carbons (Fsp3) is 0.548. The van der Waals surface area contributed by atoms with Crippen LogP contribution in [-0.2, 0) is 0 Å². The van der Waals surface area contributed by atoms with Crippen molar-refractivity contribution in [1.29, 1.82) is 5.41 Å². The molecule has 2 unspecified atom stereocenters. The predicted octanol–water partition coefficient (Wildman–Crippen LogP) is 8.96. The molecule has 0 amide bonds. The standard InChI is InChI=1S/C31H47N3/c1-5-8-9-10-11-12-15-26(14-7-3)27-18-22-29(23-19-27)31(33)34-30(32)28-20-16-25(17-21-28)24(4)13-6-2/h16-24,26H,5-15H2,1-4H3,(H3,32,33,34). The van der Waals surface area contributed by atoms with Crippen LogP contribution >= 0.6 is 0 Å². The van der Waals surface area contributed by atoms with Crippen molar-refractivity contribution in [3.8, 4) is 0 Å². The van der Waals surface area contributed by atoms with E-state index >= 15 is 0 Å². The molecule has 2 atom stereocenters. The molecular formula is C31H47N3. The van der Waals surface area contributed by atoms with Crippen LogP contribution in [0.25, 0.3) is 0 Å². The van der Waals surface area contributed by atoms with E-state index in [1.165, 1.54) is 81.8 Å². The van der Waals surface area contributed by atoms with Crippen LogP contribution in [0.2, 0.25) is 0 Å². The van der Waals surface area contributed by atoms with Gasteiger partial charge in [-0.25, -0.2) is 4.99 Å². The SMILES string of the molecule is CCCCCCCCC(CCC)c1ccc(C(N)=NC(=N)c2ccc(C(C)CCC)cc2)cc1. The first kappa shape index (κ1) is 27.8. The monoisotopic (exact) mass is 461 g/mol. The van der Waals surface area contributed by atoms with E-state index in [0.717, 1.165) is 11.1 Å². The molecule has 34 heavy (non-hydrogen) atoms. The zero-order chi connectivity index (χ0) is 24.8. The van der Waals surface area contributed by atoms with Crippen LogP contribution in [0.3, 0.4) is 0 Å². The Labute approximate surface area is 208 Å². The molecule has 0 aliphatic heterocycles. The van der Waals surface area contributed by atoms with Gasteiger partial charge in [-0.1, -0.05) is 128 Å². The van der Waals surface area contributed by atoms with E-state index in [2.05, 4.69) is 69.1 Å². The first-order chi connectivity index (χ1) is 16.5. The predicted molar refractivity (Wildman–Crippen MR) is 149 cm³/mol. The number of hydrogen-bond donors (Lipinski definition) is 2. The van der Waals surface area contributed by atoms with Gasteiger partial charge in [-0.05, 0) is 42.2 Å². The fourth-order valence-corrected chi connectivity index (χ4v) is 4.74. The number of unbranched alkanes of at least 4 members (excludes halogenated alkanes) is 5. The van der Waals surface area contributed by atoms with Gasteiger partial charge in [0.1, 0.15) is 5.84 Å². The minimum absolute atomic E-state index is 0.211. The lowest BCUT2D eigenvalue weighted by Gasteiger charge is -2.17. The van der Waals surface area contributed by atoms with Crippen LogP contribution in [0.15, 0.2) is 53.5 Å². The van der Waals surface area contributed by atoms with Crippen LogP contribution in [0.5, 0.6) is 0 Å². The molecule has 3 N–H and O–H groups in total. The summed E-state index contributed by atoms with van der Waals surface area (Å²) in [5.41, 5.74) is 10.7. The third-order valence-corrected chi connectivity index (χ3v) is 6.93. The second-order valence-corrected chi connectivity index (χ2v) is 9.82. The lowest BCUT2D eigenvalue weighted by atomic mass is 9.88. The van der Waals surface area contributed by atoms with Gasteiger partial charge in [-0.2, -0.15) is 0 Å². The van der Waals surface area contributed by atoms with Crippen LogP contribution in [0.4, 0.5) is 0 Å². The molecule has 2 aromatic carbocycles. The topological polar surface area (TPSA) is 62.2 Å². The van der Waals surface area contributed by atoms with Gasteiger partial charge in [0.2, 0.25) is 0 Å². The maximum Gasteiger partial charge on any atom is 0.154 e. The zero-order valence-corrected chi connectivity index (χ0v) is 22.1. The lowest BCUT2D eigenvalue weighted by molar-refractivity contribution is 0.512. The first-order valence-corrected chi connectivity index (χ1v) is 13.6. The molecule has 0 saturated carbocycles. The van der Waals surface area contributed by atoms with Crippen LogP contribution < -0.4 is 5.73 Å². The van der Waals surface area contributed by atoms with Crippen LogP contribution in [0, 0.1) is 5.41 Å². The van der Waals surface area contributed by atoms with E-state index in [4.69, 9.17) is 11.1 Å². The number of nitrogens with two attached hydrogens (primary N) is 1. The van der Waals surface area contributed by atoms with Crippen LogP contribution in [-0.4, -0.2) is 11.7 Å². The molecule has 0 bridgehead atoms. The summed E-state index contributed by atoms with van der Waals surface area (Å²) in [5, 5.41) is 8.40. The van der Waals surface area contributed by atoms with Gasteiger partial charge in [0, 0.05) is 11.1 Å². The summed E-state index contributed by atoms with van der Waals surface area (Å²) < 4.78 is 0. The Hall–Kier alpha value is -2.42. The summed E-state index contributed by atoms with van der Waals surface area (Å²) >= 11 is 0. The van der Waals surface area contributed by atoms with E-state index in [1.54, 1.807) is 0 Å². The van der Waals surface area contributed by atoms with Gasteiger partial charge < -0.3 is 5.73 Å². The van der Waals surface area contributed by atoms with E-state index < -0.39 is 0 Å². The largest absolute Gasteiger partial charge is 0.383 e. The molecule has 0 aliphatic carbocycles. The fourth-order valence-electron chi connectivity index (χ4n) is 4.74. The molecule has 0 aromatic heterocycles. The molecule has 186 valence electrons. The van der Waals surface area contributed by atoms with Crippen molar-refractivity contribution in [2.24, 2.45) is 10.7 Å². The third-order valence-electron chi connectivity index (χ3n) is 6.93. The van der Waals surface area contributed by atoms with E-state index in [-0.39, 0.29) is 5.84 Å². The normalized spacial score (nSPS) is 13.6. The Bertz CT molecular complexity index is 865. The molecule has 0 saturated heterocycles. The molecule has 0 spiro atoms.